The third-order valence-corrected chi connectivity index (χ3v) is 0.954. The fourth-order valence-corrected chi connectivity index (χ4v) is 0.542. The molecule has 6 nitrogen and oxygen atoms in total. The van der Waals surface area contributed by atoms with Gasteiger partial charge in [0.15, 0.2) is 5.69 Å². The van der Waals surface area contributed by atoms with Gasteiger partial charge in [0.25, 0.3) is 0 Å². The maximum absolute atomic E-state index is 10.2. The first kappa shape index (κ1) is 7.52. The molecule has 60 valence electrons. The van der Waals surface area contributed by atoms with Gasteiger partial charge in [-0.3, -0.25) is 0 Å². The molecule has 0 atom stereocenters. The van der Waals surface area contributed by atoms with Gasteiger partial charge in [-0.2, -0.15) is 0 Å². The highest BCUT2D eigenvalue weighted by molar-refractivity contribution is 5.84. The summed E-state index contributed by atoms with van der Waals surface area (Å²) in [5, 5.41) is 15.1. The lowest BCUT2D eigenvalue weighted by Gasteiger charge is -1.96. The Morgan fingerprint density at radius 1 is 1.91 bits per heavy atom. The average Bonchev–Trinajstić information content (AvgIpc) is 2.37. The van der Waals surface area contributed by atoms with Crippen LogP contribution in [0, 0.1) is 0 Å². The van der Waals surface area contributed by atoms with Gasteiger partial charge in [0.1, 0.15) is 12.8 Å². The minimum atomic E-state index is -1.11. The summed E-state index contributed by atoms with van der Waals surface area (Å²) < 4.78 is 0. The molecule has 1 heterocycles. The fourth-order valence-electron chi connectivity index (χ4n) is 0.542. The van der Waals surface area contributed by atoms with Crippen LogP contribution < -0.4 is 4.84 Å². The van der Waals surface area contributed by atoms with E-state index in [1.54, 1.807) is 6.92 Å². The van der Waals surface area contributed by atoms with Gasteiger partial charge in [-0.15, -0.1) is 5.10 Å². The molecule has 1 N–H and O–H groups in total. The van der Waals surface area contributed by atoms with Crippen LogP contribution in [0.2, 0.25) is 0 Å². The number of hydrogen-bond donors (Lipinski definition) is 1. The van der Waals surface area contributed by atoms with E-state index in [1.165, 1.54) is 6.20 Å². The van der Waals surface area contributed by atoms with Crippen LogP contribution in [0.1, 0.15) is 17.4 Å². The van der Waals surface area contributed by atoms with Crippen molar-refractivity contribution >= 4 is 5.97 Å². The number of aromatic carboxylic acids is 1. The first-order chi connectivity index (χ1) is 5.24. The summed E-state index contributed by atoms with van der Waals surface area (Å²) in [6.45, 7) is 2.19. The number of carboxylic acids is 1. The molecule has 1 rings (SSSR count). The molecule has 0 bridgehead atoms. The summed E-state index contributed by atoms with van der Waals surface area (Å²) in [6, 6.07) is 0. The summed E-state index contributed by atoms with van der Waals surface area (Å²) in [5.41, 5.74) is -0.126. The number of rotatable bonds is 3. The third-order valence-electron chi connectivity index (χ3n) is 0.954. The van der Waals surface area contributed by atoms with Crippen LogP contribution in [0.3, 0.4) is 0 Å². The Morgan fingerprint density at radius 2 is 2.64 bits per heavy atom. The molecule has 0 aliphatic heterocycles. The molecule has 1 aromatic heterocycles. The molecule has 6 heteroatoms. The molecule has 0 fully saturated rings. The number of carboxylic acid groups (broad SMARTS) is 1. The van der Waals surface area contributed by atoms with Gasteiger partial charge in [0, 0.05) is 0 Å². The van der Waals surface area contributed by atoms with E-state index >= 15 is 0 Å². The van der Waals surface area contributed by atoms with Crippen LogP contribution in [0.25, 0.3) is 0 Å². The summed E-state index contributed by atoms with van der Waals surface area (Å²) in [5.74, 6) is -1.11. The topological polar surface area (TPSA) is 77.2 Å². The highest BCUT2D eigenvalue weighted by Gasteiger charge is 2.07. The second kappa shape index (κ2) is 3.00. The van der Waals surface area contributed by atoms with E-state index in [9.17, 15) is 4.79 Å². The standard InChI is InChI=1S/C5H7N3O3/c1-2-11-8-3-4(5(9)10)6-7-8/h3H,2H2,1H3,(H,9,10). The van der Waals surface area contributed by atoms with E-state index in [4.69, 9.17) is 9.94 Å². The van der Waals surface area contributed by atoms with Crippen molar-refractivity contribution < 1.29 is 14.7 Å². The SMILES string of the molecule is CCOn1cc(C(=O)O)nn1. The van der Waals surface area contributed by atoms with E-state index in [2.05, 4.69) is 10.3 Å². The minimum Gasteiger partial charge on any atom is -0.476 e. The monoisotopic (exact) mass is 157 g/mol. The van der Waals surface area contributed by atoms with Crippen molar-refractivity contribution in [1.29, 1.82) is 0 Å². The van der Waals surface area contributed by atoms with Crippen molar-refractivity contribution in [3.05, 3.63) is 11.9 Å². The Morgan fingerprint density at radius 3 is 3.09 bits per heavy atom. The second-order valence-corrected chi connectivity index (χ2v) is 1.73. The summed E-state index contributed by atoms with van der Waals surface area (Å²) in [6.07, 6.45) is 1.20. The first-order valence-electron chi connectivity index (χ1n) is 3.03. The van der Waals surface area contributed by atoms with Gasteiger partial charge in [-0.05, 0) is 12.1 Å². The van der Waals surface area contributed by atoms with Crippen LogP contribution >= 0.6 is 0 Å². The molecular formula is C5H7N3O3. The molecule has 0 radical (unpaired) electrons. The van der Waals surface area contributed by atoms with Crippen molar-refractivity contribution in [2.24, 2.45) is 0 Å². The fraction of sp³-hybridized carbons (Fsp3) is 0.400. The lowest BCUT2D eigenvalue weighted by molar-refractivity contribution is 0.0687. The molecule has 0 aromatic carbocycles. The molecular weight excluding hydrogens is 150 g/mol. The molecule has 1 aromatic rings. The largest absolute Gasteiger partial charge is 0.476 e. The lowest BCUT2D eigenvalue weighted by atomic mass is 10.5. The molecule has 0 spiro atoms. The Balaban J connectivity index is 2.73. The number of nitrogens with zero attached hydrogens (tertiary/aromatic N) is 3. The molecule has 0 saturated carbocycles. The van der Waals surface area contributed by atoms with Crippen molar-refractivity contribution in [3.63, 3.8) is 0 Å². The normalized spacial score (nSPS) is 9.55. The van der Waals surface area contributed by atoms with Crippen molar-refractivity contribution in [1.82, 2.24) is 15.2 Å². The quantitative estimate of drug-likeness (QED) is 0.635. The zero-order valence-electron chi connectivity index (χ0n) is 5.89. The van der Waals surface area contributed by atoms with Crippen LogP contribution in [0.5, 0.6) is 0 Å². The van der Waals surface area contributed by atoms with Gasteiger partial charge in [0.2, 0.25) is 0 Å². The van der Waals surface area contributed by atoms with Crippen LogP contribution in [-0.4, -0.2) is 32.8 Å². The van der Waals surface area contributed by atoms with Gasteiger partial charge in [-0.25, -0.2) is 4.79 Å². The van der Waals surface area contributed by atoms with E-state index < -0.39 is 5.97 Å². The van der Waals surface area contributed by atoms with Crippen molar-refractivity contribution in [2.45, 2.75) is 6.92 Å². The highest BCUT2D eigenvalue weighted by atomic mass is 16.7. The van der Waals surface area contributed by atoms with E-state index in [0.29, 0.717) is 6.61 Å². The summed E-state index contributed by atoms with van der Waals surface area (Å²) in [7, 11) is 0. The zero-order chi connectivity index (χ0) is 8.27. The molecule has 0 unspecified atom stereocenters. The Kier molecular flexibility index (Phi) is 2.05. The van der Waals surface area contributed by atoms with Crippen LogP contribution in [-0.2, 0) is 0 Å². The first-order valence-corrected chi connectivity index (χ1v) is 3.03. The second-order valence-electron chi connectivity index (χ2n) is 1.73. The molecule has 0 amide bonds. The predicted octanol–water partition coefficient (Wildman–Crippen LogP) is -0.575. The number of carbonyl (C=O) groups is 1. The summed E-state index contributed by atoms with van der Waals surface area (Å²) in [4.78, 5) is 16.1. The molecule has 0 aliphatic carbocycles. The van der Waals surface area contributed by atoms with Gasteiger partial charge >= 0.3 is 5.97 Å². The highest BCUT2D eigenvalue weighted by Crippen LogP contribution is 1.89. The zero-order valence-corrected chi connectivity index (χ0v) is 5.89. The molecule has 11 heavy (non-hydrogen) atoms. The van der Waals surface area contributed by atoms with Crippen LogP contribution in [0.4, 0.5) is 0 Å². The van der Waals surface area contributed by atoms with Gasteiger partial charge in [-0.1, -0.05) is 4.85 Å². The van der Waals surface area contributed by atoms with Gasteiger partial charge in [0.05, 0.1) is 0 Å². The minimum absolute atomic E-state index is 0.126. The summed E-state index contributed by atoms with van der Waals surface area (Å²) >= 11 is 0. The Labute approximate surface area is 62.3 Å². The maximum atomic E-state index is 10.2. The predicted molar refractivity (Wildman–Crippen MR) is 34.1 cm³/mol. The average molecular weight is 157 g/mol. The third kappa shape index (κ3) is 1.66. The maximum Gasteiger partial charge on any atom is 0.358 e. The van der Waals surface area contributed by atoms with Crippen molar-refractivity contribution in [3.8, 4) is 0 Å². The lowest BCUT2D eigenvalue weighted by Crippen LogP contribution is -2.10. The Hall–Kier alpha value is -1.59. The number of hydrogen-bond acceptors (Lipinski definition) is 4. The van der Waals surface area contributed by atoms with Crippen molar-refractivity contribution in [2.75, 3.05) is 6.61 Å². The number of aromatic nitrogens is 3. The van der Waals surface area contributed by atoms with E-state index in [0.717, 1.165) is 4.85 Å². The van der Waals surface area contributed by atoms with Crippen LogP contribution in [0.15, 0.2) is 6.20 Å². The van der Waals surface area contributed by atoms with Gasteiger partial charge < -0.3 is 9.94 Å². The molecule has 0 saturated heterocycles. The molecule has 0 aliphatic rings. The van der Waals surface area contributed by atoms with E-state index in [1.807, 2.05) is 0 Å². The smallest absolute Gasteiger partial charge is 0.358 e. The Bertz CT molecular complexity index is 257. The van der Waals surface area contributed by atoms with E-state index in [-0.39, 0.29) is 5.69 Å².